The van der Waals surface area contributed by atoms with Gasteiger partial charge in [-0.25, -0.2) is 5.43 Å². The highest BCUT2D eigenvalue weighted by atomic mass is 16.5. The number of carbonyl (C=O) groups is 1. The number of ether oxygens (including phenoxy) is 1. The molecule has 0 aromatic heterocycles. The monoisotopic (exact) mass is 264 g/mol. The molecule has 0 bridgehead atoms. The lowest BCUT2D eigenvalue weighted by Crippen LogP contribution is -2.33. The van der Waals surface area contributed by atoms with Gasteiger partial charge in [-0.3, -0.25) is 10.2 Å². The Balaban J connectivity index is 2.39. The topological polar surface area (TPSA) is 50.4 Å². The molecule has 0 heterocycles. The van der Waals surface area contributed by atoms with E-state index in [1.165, 1.54) is 11.1 Å². The Bertz CT molecular complexity index is 405. The lowest BCUT2D eigenvalue weighted by molar-refractivity contribution is -0.122. The average Bonchev–Trinajstić information content (AvgIpc) is 2.43. The Labute approximate surface area is 115 Å². The molecule has 0 aliphatic carbocycles. The summed E-state index contributed by atoms with van der Waals surface area (Å²) >= 11 is 0. The van der Waals surface area contributed by atoms with Gasteiger partial charge in [0.15, 0.2) is 0 Å². The summed E-state index contributed by atoms with van der Waals surface area (Å²) in [6.45, 7) is 2.13. The predicted octanol–water partition coefficient (Wildman–Crippen LogP) is 2.22. The summed E-state index contributed by atoms with van der Waals surface area (Å²) in [5, 5.41) is 0. The number of aryl methyl sites for hydroxylation is 2. The molecular formula is C15H24N2O2. The first-order valence-electron chi connectivity index (χ1n) is 6.82. The van der Waals surface area contributed by atoms with E-state index in [-0.39, 0.29) is 5.91 Å². The fourth-order valence-corrected chi connectivity index (χ4v) is 2.08. The lowest BCUT2D eigenvalue weighted by Gasteiger charge is -2.09. The van der Waals surface area contributed by atoms with E-state index in [1.54, 1.807) is 14.2 Å². The third-order valence-electron chi connectivity index (χ3n) is 3.11. The zero-order valence-corrected chi connectivity index (χ0v) is 12.1. The van der Waals surface area contributed by atoms with Gasteiger partial charge >= 0.3 is 0 Å². The molecule has 0 unspecified atom stereocenters. The predicted molar refractivity (Wildman–Crippen MR) is 77.1 cm³/mol. The van der Waals surface area contributed by atoms with Crippen LogP contribution in [0.4, 0.5) is 0 Å². The molecule has 0 fully saturated rings. The van der Waals surface area contributed by atoms with Gasteiger partial charge < -0.3 is 4.74 Å². The maximum absolute atomic E-state index is 11.2. The molecular weight excluding hydrogens is 240 g/mol. The largest absolute Gasteiger partial charge is 0.496 e. The minimum atomic E-state index is 0.0477. The van der Waals surface area contributed by atoms with Crippen molar-refractivity contribution in [3.8, 4) is 5.75 Å². The van der Waals surface area contributed by atoms with Crippen molar-refractivity contribution < 1.29 is 9.53 Å². The van der Waals surface area contributed by atoms with Crippen molar-refractivity contribution in [2.24, 2.45) is 0 Å². The van der Waals surface area contributed by atoms with Crippen LogP contribution in [0.15, 0.2) is 18.2 Å². The van der Waals surface area contributed by atoms with Crippen molar-refractivity contribution in [2.75, 3.05) is 14.2 Å². The number of amides is 1. The van der Waals surface area contributed by atoms with Crippen LogP contribution in [0.3, 0.4) is 0 Å². The second kappa shape index (κ2) is 8.53. The maximum Gasteiger partial charge on any atom is 0.234 e. The minimum absolute atomic E-state index is 0.0477. The smallest absolute Gasteiger partial charge is 0.234 e. The lowest BCUT2D eigenvalue weighted by atomic mass is 10.0. The molecule has 1 amide bonds. The quantitative estimate of drug-likeness (QED) is 0.559. The summed E-state index contributed by atoms with van der Waals surface area (Å²) in [6.07, 6.45) is 4.47. The Hall–Kier alpha value is -1.55. The van der Waals surface area contributed by atoms with Crippen LogP contribution in [0, 0.1) is 0 Å². The zero-order chi connectivity index (χ0) is 14.1. The van der Waals surface area contributed by atoms with Crippen LogP contribution in [-0.4, -0.2) is 20.1 Å². The van der Waals surface area contributed by atoms with Crippen molar-refractivity contribution in [3.05, 3.63) is 29.3 Å². The summed E-state index contributed by atoms with van der Waals surface area (Å²) < 4.78 is 5.32. The maximum atomic E-state index is 11.2. The van der Waals surface area contributed by atoms with E-state index in [1.807, 2.05) is 6.07 Å². The second-order valence-electron chi connectivity index (χ2n) is 4.51. The summed E-state index contributed by atoms with van der Waals surface area (Å²) in [4.78, 5) is 11.2. The molecule has 0 saturated heterocycles. The second-order valence-corrected chi connectivity index (χ2v) is 4.51. The van der Waals surface area contributed by atoms with E-state index in [0.29, 0.717) is 6.42 Å². The Morgan fingerprint density at radius 3 is 2.74 bits per heavy atom. The van der Waals surface area contributed by atoms with Crippen molar-refractivity contribution in [1.82, 2.24) is 10.9 Å². The van der Waals surface area contributed by atoms with E-state index >= 15 is 0 Å². The first-order chi connectivity index (χ1) is 9.21. The van der Waals surface area contributed by atoms with Crippen LogP contribution in [0.25, 0.3) is 0 Å². The van der Waals surface area contributed by atoms with Crippen molar-refractivity contribution >= 4 is 5.91 Å². The molecule has 0 aliphatic rings. The molecule has 1 rings (SSSR count). The van der Waals surface area contributed by atoms with Gasteiger partial charge in [-0.15, -0.1) is 0 Å². The summed E-state index contributed by atoms with van der Waals surface area (Å²) in [5.74, 6) is 1.01. The fourth-order valence-electron chi connectivity index (χ4n) is 2.08. The van der Waals surface area contributed by atoms with Gasteiger partial charge in [-0.1, -0.05) is 19.1 Å². The molecule has 0 saturated carbocycles. The number of carbonyl (C=O) groups excluding carboxylic acids is 1. The SMILES string of the molecule is CCc1cc(CCCCC(=O)NNC)ccc1OC. The zero-order valence-electron chi connectivity index (χ0n) is 12.1. The first kappa shape index (κ1) is 15.5. The van der Waals surface area contributed by atoms with Crippen LogP contribution in [-0.2, 0) is 17.6 Å². The summed E-state index contributed by atoms with van der Waals surface area (Å²) in [5.41, 5.74) is 7.77. The van der Waals surface area contributed by atoms with Crippen LogP contribution in [0.5, 0.6) is 5.75 Å². The van der Waals surface area contributed by atoms with Gasteiger partial charge in [0.2, 0.25) is 5.91 Å². The number of hydrogen-bond donors (Lipinski definition) is 2. The minimum Gasteiger partial charge on any atom is -0.496 e. The van der Waals surface area contributed by atoms with E-state index < -0.39 is 0 Å². The highest BCUT2D eigenvalue weighted by Crippen LogP contribution is 2.21. The number of hydrazine groups is 1. The van der Waals surface area contributed by atoms with Gasteiger partial charge in [0.05, 0.1) is 7.11 Å². The van der Waals surface area contributed by atoms with E-state index in [4.69, 9.17) is 4.74 Å². The van der Waals surface area contributed by atoms with Gasteiger partial charge in [-0.05, 0) is 42.9 Å². The molecule has 2 N–H and O–H groups in total. The van der Waals surface area contributed by atoms with Crippen molar-refractivity contribution in [2.45, 2.75) is 39.0 Å². The summed E-state index contributed by atoms with van der Waals surface area (Å²) in [7, 11) is 3.40. The third-order valence-corrected chi connectivity index (χ3v) is 3.11. The number of unbranched alkanes of at least 4 members (excludes halogenated alkanes) is 1. The number of nitrogens with one attached hydrogen (secondary N) is 2. The summed E-state index contributed by atoms with van der Waals surface area (Å²) in [6, 6.07) is 6.33. The van der Waals surface area contributed by atoms with Crippen LogP contribution < -0.4 is 15.6 Å². The van der Waals surface area contributed by atoms with Gasteiger partial charge in [0.1, 0.15) is 5.75 Å². The molecule has 0 atom stereocenters. The molecule has 19 heavy (non-hydrogen) atoms. The van der Waals surface area contributed by atoms with Crippen LogP contribution in [0.2, 0.25) is 0 Å². The highest BCUT2D eigenvalue weighted by molar-refractivity contribution is 5.75. The van der Waals surface area contributed by atoms with Gasteiger partial charge in [-0.2, -0.15) is 0 Å². The number of methoxy groups -OCH3 is 1. The molecule has 0 spiro atoms. The third kappa shape index (κ3) is 5.30. The highest BCUT2D eigenvalue weighted by Gasteiger charge is 2.03. The average molecular weight is 264 g/mol. The standard InChI is InChI=1S/C15H24N2O2/c1-4-13-11-12(9-10-14(13)19-3)7-5-6-8-15(18)17-16-2/h9-11,16H,4-8H2,1-3H3,(H,17,18). The normalized spacial score (nSPS) is 10.3. The van der Waals surface area contributed by atoms with Crippen molar-refractivity contribution in [3.63, 3.8) is 0 Å². The Morgan fingerprint density at radius 2 is 2.11 bits per heavy atom. The van der Waals surface area contributed by atoms with Crippen LogP contribution >= 0.6 is 0 Å². The fraction of sp³-hybridized carbons (Fsp3) is 0.533. The Morgan fingerprint density at radius 1 is 1.32 bits per heavy atom. The molecule has 1 aromatic carbocycles. The van der Waals surface area contributed by atoms with Gasteiger partial charge in [0, 0.05) is 13.5 Å². The number of benzene rings is 1. The molecule has 4 heteroatoms. The number of hydrogen-bond acceptors (Lipinski definition) is 3. The van der Waals surface area contributed by atoms with E-state index in [0.717, 1.165) is 31.4 Å². The first-order valence-corrected chi connectivity index (χ1v) is 6.82. The number of rotatable bonds is 8. The molecule has 0 radical (unpaired) electrons. The molecule has 106 valence electrons. The van der Waals surface area contributed by atoms with Gasteiger partial charge in [0.25, 0.3) is 0 Å². The Kier molecular flexibility index (Phi) is 6.97. The molecule has 1 aromatic rings. The van der Waals surface area contributed by atoms with E-state index in [2.05, 4.69) is 29.9 Å². The van der Waals surface area contributed by atoms with Crippen molar-refractivity contribution in [1.29, 1.82) is 0 Å². The molecule has 0 aliphatic heterocycles. The molecule has 4 nitrogen and oxygen atoms in total. The van der Waals surface area contributed by atoms with Crippen LogP contribution in [0.1, 0.15) is 37.3 Å². The van der Waals surface area contributed by atoms with E-state index in [9.17, 15) is 4.79 Å².